The van der Waals surface area contributed by atoms with Gasteiger partial charge in [-0.05, 0) is 20.3 Å². The lowest BCUT2D eigenvalue weighted by Crippen LogP contribution is -2.18. The first-order valence-electron chi connectivity index (χ1n) is 6.64. The molecule has 2 rings (SSSR count). The van der Waals surface area contributed by atoms with Crippen molar-refractivity contribution in [3.8, 4) is 0 Å². The van der Waals surface area contributed by atoms with Crippen LogP contribution in [-0.2, 0) is 0 Å². The Bertz CT molecular complexity index is 505. The van der Waals surface area contributed by atoms with Crippen LogP contribution < -0.4 is 5.32 Å². The maximum atomic E-state index is 4.33. The highest BCUT2D eigenvalue weighted by molar-refractivity contribution is 5.45. The molecule has 0 radical (unpaired) electrons. The number of hydrogen-bond acceptors (Lipinski definition) is 4. The average Bonchev–Trinajstić information content (AvgIpc) is 2.77. The normalized spacial score (nSPS) is 12.8. The summed E-state index contributed by atoms with van der Waals surface area (Å²) in [5.74, 6) is 1.62. The molecule has 0 aliphatic heterocycles. The Hall–Kier alpha value is -1.65. The Morgan fingerprint density at radius 2 is 2.22 bits per heavy atom. The van der Waals surface area contributed by atoms with E-state index in [9.17, 15) is 0 Å². The highest BCUT2D eigenvalue weighted by Crippen LogP contribution is 2.13. The SMILES string of the molecule is CCCCCC(C)Nc1cc(C)nc2ncnn12. The van der Waals surface area contributed by atoms with Crippen molar-refractivity contribution >= 4 is 11.6 Å². The number of aromatic nitrogens is 4. The van der Waals surface area contributed by atoms with Crippen molar-refractivity contribution in [2.45, 2.75) is 52.5 Å². The number of anilines is 1. The predicted molar refractivity (Wildman–Crippen MR) is 72.7 cm³/mol. The van der Waals surface area contributed by atoms with Crippen LogP contribution in [0.2, 0.25) is 0 Å². The van der Waals surface area contributed by atoms with Crippen LogP contribution >= 0.6 is 0 Å². The molecular weight excluding hydrogens is 226 g/mol. The minimum absolute atomic E-state index is 0.436. The zero-order chi connectivity index (χ0) is 13.0. The molecule has 5 nitrogen and oxygen atoms in total. The summed E-state index contributed by atoms with van der Waals surface area (Å²) in [5.41, 5.74) is 0.957. The van der Waals surface area contributed by atoms with Gasteiger partial charge in [-0.2, -0.15) is 14.6 Å². The maximum absolute atomic E-state index is 4.33. The lowest BCUT2D eigenvalue weighted by molar-refractivity contribution is 0.612. The molecule has 0 fully saturated rings. The van der Waals surface area contributed by atoms with Crippen LogP contribution in [-0.4, -0.2) is 25.6 Å². The van der Waals surface area contributed by atoms with Gasteiger partial charge in [-0.25, -0.2) is 4.98 Å². The van der Waals surface area contributed by atoms with Crippen LogP contribution in [0.5, 0.6) is 0 Å². The number of hydrogen-bond donors (Lipinski definition) is 1. The van der Waals surface area contributed by atoms with Gasteiger partial charge < -0.3 is 5.32 Å². The van der Waals surface area contributed by atoms with Gasteiger partial charge in [0.05, 0.1) is 0 Å². The summed E-state index contributed by atoms with van der Waals surface area (Å²) in [7, 11) is 0. The summed E-state index contributed by atoms with van der Waals surface area (Å²) in [6, 6.07) is 2.45. The van der Waals surface area contributed by atoms with Crippen molar-refractivity contribution < 1.29 is 0 Å². The van der Waals surface area contributed by atoms with E-state index in [0.29, 0.717) is 11.8 Å². The lowest BCUT2D eigenvalue weighted by Gasteiger charge is -2.15. The first-order chi connectivity index (χ1) is 8.70. The third kappa shape index (κ3) is 2.97. The Balaban J connectivity index is 2.08. The molecule has 0 saturated heterocycles. The summed E-state index contributed by atoms with van der Waals surface area (Å²) in [4.78, 5) is 8.45. The van der Waals surface area contributed by atoms with Gasteiger partial charge in [0.1, 0.15) is 12.1 Å². The number of unbranched alkanes of at least 4 members (excludes halogenated alkanes) is 2. The summed E-state index contributed by atoms with van der Waals surface area (Å²) in [5, 5.41) is 7.68. The van der Waals surface area contributed by atoms with E-state index >= 15 is 0 Å². The largest absolute Gasteiger partial charge is 0.367 e. The Morgan fingerprint density at radius 1 is 1.39 bits per heavy atom. The summed E-state index contributed by atoms with van der Waals surface area (Å²) >= 11 is 0. The minimum atomic E-state index is 0.436. The van der Waals surface area contributed by atoms with Gasteiger partial charge in [0.15, 0.2) is 0 Å². The number of nitrogens with zero attached hydrogens (tertiary/aromatic N) is 4. The van der Waals surface area contributed by atoms with Gasteiger partial charge in [0.25, 0.3) is 5.78 Å². The van der Waals surface area contributed by atoms with Crippen molar-refractivity contribution in [3.05, 3.63) is 18.1 Å². The molecule has 2 aromatic heterocycles. The second-order valence-corrected chi connectivity index (χ2v) is 4.80. The van der Waals surface area contributed by atoms with Gasteiger partial charge in [-0.15, -0.1) is 0 Å². The first-order valence-corrected chi connectivity index (χ1v) is 6.64. The van der Waals surface area contributed by atoms with E-state index in [4.69, 9.17) is 0 Å². The topological polar surface area (TPSA) is 55.1 Å². The van der Waals surface area contributed by atoms with E-state index in [0.717, 1.165) is 11.5 Å². The lowest BCUT2D eigenvalue weighted by atomic mass is 10.1. The van der Waals surface area contributed by atoms with E-state index in [1.807, 2.05) is 13.0 Å². The number of aryl methyl sites for hydroxylation is 1. The van der Waals surface area contributed by atoms with Gasteiger partial charge >= 0.3 is 0 Å². The fourth-order valence-electron chi connectivity index (χ4n) is 2.06. The van der Waals surface area contributed by atoms with E-state index < -0.39 is 0 Å². The monoisotopic (exact) mass is 247 g/mol. The fraction of sp³-hybridized carbons (Fsp3) is 0.615. The van der Waals surface area contributed by atoms with Crippen molar-refractivity contribution in [3.63, 3.8) is 0 Å². The molecule has 0 aromatic carbocycles. The zero-order valence-corrected chi connectivity index (χ0v) is 11.3. The maximum Gasteiger partial charge on any atom is 0.254 e. The van der Waals surface area contributed by atoms with Crippen LogP contribution in [0.1, 0.15) is 45.2 Å². The quantitative estimate of drug-likeness (QED) is 0.797. The molecule has 0 amide bonds. The van der Waals surface area contributed by atoms with Crippen molar-refractivity contribution in [2.24, 2.45) is 0 Å². The molecule has 1 unspecified atom stereocenters. The highest BCUT2D eigenvalue weighted by atomic mass is 15.4. The second kappa shape index (κ2) is 5.80. The molecule has 98 valence electrons. The van der Waals surface area contributed by atoms with Gasteiger partial charge in [0, 0.05) is 17.8 Å². The number of nitrogens with one attached hydrogen (secondary N) is 1. The first kappa shape index (κ1) is 12.8. The summed E-state index contributed by atoms with van der Waals surface area (Å²) in [6.07, 6.45) is 6.52. The molecule has 5 heteroatoms. The van der Waals surface area contributed by atoms with Crippen molar-refractivity contribution in [1.29, 1.82) is 0 Å². The molecule has 0 spiro atoms. The molecule has 0 aliphatic carbocycles. The Kier molecular flexibility index (Phi) is 4.12. The third-order valence-corrected chi connectivity index (χ3v) is 3.01. The molecular formula is C13H21N5. The van der Waals surface area contributed by atoms with Gasteiger partial charge in [-0.1, -0.05) is 26.2 Å². The molecule has 18 heavy (non-hydrogen) atoms. The van der Waals surface area contributed by atoms with Crippen LogP contribution in [0.4, 0.5) is 5.82 Å². The van der Waals surface area contributed by atoms with Crippen molar-refractivity contribution in [2.75, 3.05) is 5.32 Å². The molecule has 2 aromatic rings. The fourth-order valence-corrected chi connectivity index (χ4v) is 2.06. The van der Waals surface area contributed by atoms with E-state index in [-0.39, 0.29) is 0 Å². The summed E-state index contributed by atoms with van der Waals surface area (Å²) in [6.45, 7) is 6.40. The van der Waals surface area contributed by atoms with Crippen molar-refractivity contribution in [1.82, 2.24) is 19.6 Å². The highest BCUT2D eigenvalue weighted by Gasteiger charge is 2.08. The van der Waals surface area contributed by atoms with Gasteiger partial charge in [-0.3, -0.25) is 0 Å². The third-order valence-electron chi connectivity index (χ3n) is 3.01. The molecule has 0 bridgehead atoms. The zero-order valence-electron chi connectivity index (χ0n) is 11.3. The van der Waals surface area contributed by atoms with E-state index in [2.05, 4.69) is 34.2 Å². The average molecular weight is 247 g/mol. The number of fused-ring (bicyclic) bond motifs is 1. The van der Waals surface area contributed by atoms with Crippen LogP contribution in [0.3, 0.4) is 0 Å². The molecule has 1 N–H and O–H groups in total. The standard InChI is InChI=1S/C13H21N5/c1-4-5-6-7-10(2)16-12-8-11(3)17-13-14-9-15-18(12)13/h8-10,16H,4-7H2,1-3H3. The predicted octanol–water partition coefficient (Wildman–Crippen LogP) is 2.81. The number of rotatable bonds is 6. The van der Waals surface area contributed by atoms with E-state index in [1.165, 1.54) is 32.0 Å². The van der Waals surface area contributed by atoms with Crippen LogP contribution in [0.15, 0.2) is 12.4 Å². The second-order valence-electron chi connectivity index (χ2n) is 4.80. The van der Waals surface area contributed by atoms with Crippen LogP contribution in [0.25, 0.3) is 5.78 Å². The molecule has 0 aliphatic rings. The van der Waals surface area contributed by atoms with E-state index in [1.54, 1.807) is 4.52 Å². The Morgan fingerprint density at radius 3 is 3.00 bits per heavy atom. The summed E-state index contributed by atoms with van der Waals surface area (Å²) < 4.78 is 1.75. The molecule has 2 heterocycles. The molecule has 0 saturated carbocycles. The smallest absolute Gasteiger partial charge is 0.254 e. The molecule has 1 atom stereocenters. The van der Waals surface area contributed by atoms with Crippen LogP contribution in [0, 0.1) is 6.92 Å². The minimum Gasteiger partial charge on any atom is -0.367 e. The Labute approximate surface area is 108 Å². The van der Waals surface area contributed by atoms with Gasteiger partial charge in [0.2, 0.25) is 0 Å².